The van der Waals surface area contributed by atoms with Crippen molar-refractivity contribution < 1.29 is 0 Å². The zero-order valence-electron chi connectivity index (χ0n) is 12.0. The Hall–Kier alpha value is -1.70. The Morgan fingerprint density at radius 3 is 1.28 bits per heavy atom. The lowest BCUT2D eigenvalue weighted by Gasteiger charge is -2.13. The lowest BCUT2D eigenvalue weighted by atomic mass is 10.00. The third-order valence-electron chi connectivity index (χ3n) is 3.54. The molecule has 0 saturated carbocycles. The maximum Gasteiger partial charge on any atom is 0.0924 e. The molecular formula is C16H20N2. The van der Waals surface area contributed by atoms with Gasteiger partial charge in [-0.25, -0.2) is 0 Å². The van der Waals surface area contributed by atoms with Gasteiger partial charge in [0.15, 0.2) is 0 Å². The Morgan fingerprint density at radius 1 is 0.611 bits per heavy atom. The second-order valence-electron chi connectivity index (χ2n) is 5.11. The van der Waals surface area contributed by atoms with E-state index in [9.17, 15) is 0 Å². The molecule has 0 spiro atoms. The minimum Gasteiger partial charge on any atom is -0.251 e. The second-order valence-corrected chi connectivity index (χ2v) is 5.11. The molecule has 2 rings (SSSR count). The summed E-state index contributed by atoms with van der Waals surface area (Å²) in [5.41, 5.74) is 9.15. The summed E-state index contributed by atoms with van der Waals surface area (Å²) < 4.78 is 0. The molecule has 0 radical (unpaired) electrons. The van der Waals surface area contributed by atoms with Crippen molar-refractivity contribution in [3.8, 4) is 11.4 Å². The summed E-state index contributed by atoms with van der Waals surface area (Å²) in [5, 5.41) is 0. The van der Waals surface area contributed by atoms with Crippen molar-refractivity contribution in [2.24, 2.45) is 0 Å². The third kappa shape index (κ3) is 2.15. The van der Waals surface area contributed by atoms with Crippen molar-refractivity contribution in [1.29, 1.82) is 0 Å². The topological polar surface area (TPSA) is 25.8 Å². The van der Waals surface area contributed by atoms with Crippen molar-refractivity contribution in [2.75, 3.05) is 0 Å². The summed E-state index contributed by atoms with van der Waals surface area (Å²) in [6, 6.07) is 4.24. The van der Waals surface area contributed by atoms with E-state index in [4.69, 9.17) is 0 Å². The van der Waals surface area contributed by atoms with Crippen LogP contribution < -0.4 is 0 Å². The van der Waals surface area contributed by atoms with Gasteiger partial charge in [0.2, 0.25) is 0 Å². The zero-order valence-corrected chi connectivity index (χ0v) is 12.0. The smallest absolute Gasteiger partial charge is 0.0924 e. The van der Waals surface area contributed by atoms with Gasteiger partial charge in [0.05, 0.1) is 11.4 Å². The highest BCUT2D eigenvalue weighted by molar-refractivity contribution is 5.65. The molecule has 0 aliphatic rings. The predicted molar refractivity (Wildman–Crippen MR) is 75.9 cm³/mol. The molecule has 0 aliphatic heterocycles. The minimum absolute atomic E-state index is 1.02. The molecule has 0 fully saturated rings. The minimum atomic E-state index is 1.02. The molecule has 0 unspecified atom stereocenters. The van der Waals surface area contributed by atoms with Crippen molar-refractivity contribution in [3.05, 3.63) is 45.8 Å². The van der Waals surface area contributed by atoms with Crippen LogP contribution in [0.25, 0.3) is 11.4 Å². The standard InChI is InChI=1S/C16H20N2/c1-9-7-11(3)17-15(13(9)5)16-14(6)10(2)8-12(4)18-16/h7-8H,1-6H3. The SMILES string of the molecule is Cc1cc(C)c(C)c(-c2nc(C)cc(C)c2C)n1. The summed E-state index contributed by atoms with van der Waals surface area (Å²) in [6.07, 6.45) is 0. The highest BCUT2D eigenvalue weighted by atomic mass is 14.8. The van der Waals surface area contributed by atoms with Gasteiger partial charge < -0.3 is 0 Å². The summed E-state index contributed by atoms with van der Waals surface area (Å²) in [6.45, 7) is 12.6. The number of hydrogen-bond donors (Lipinski definition) is 0. The van der Waals surface area contributed by atoms with E-state index >= 15 is 0 Å². The first-order valence-electron chi connectivity index (χ1n) is 6.30. The first-order valence-corrected chi connectivity index (χ1v) is 6.30. The third-order valence-corrected chi connectivity index (χ3v) is 3.54. The maximum atomic E-state index is 4.68. The van der Waals surface area contributed by atoms with Crippen LogP contribution in [0.2, 0.25) is 0 Å². The van der Waals surface area contributed by atoms with E-state index in [1.54, 1.807) is 0 Å². The largest absolute Gasteiger partial charge is 0.251 e. The average Bonchev–Trinajstić information content (AvgIpc) is 2.28. The van der Waals surface area contributed by atoms with Gasteiger partial charge in [0, 0.05) is 11.4 Å². The van der Waals surface area contributed by atoms with Gasteiger partial charge >= 0.3 is 0 Å². The summed E-state index contributed by atoms with van der Waals surface area (Å²) in [7, 11) is 0. The Kier molecular flexibility index (Phi) is 3.20. The highest BCUT2D eigenvalue weighted by Crippen LogP contribution is 2.27. The van der Waals surface area contributed by atoms with Crippen LogP contribution in [0, 0.1) is 41.5 Å². The van der Waals surface area contributed by atoms with Crippen molar-refractivity contribution >= 4 is 0 Å². The number of aryl methyl sites for hydroxylation is 4. The Balaban J connectivity index is 2.77. The fourth-order valence-corrected chi connectivity index (χ4v) is 2.26. The van der Waals surface area contributed by atoms with Crippen LogP contribution in [0.5, 0.6) is 0 Å². The molecule has 0 aromatic carbocycles. The molecule has 18 heavy (non-hydrogen) atoms. The monoisotopic (exact) mass is 240 g/mol. The molecule has 0 saturated heterocycles. The molecule has 0 bridgehead atoms. The molecule has 2 aromatic rings. The highest BCUT2D eigenvalue weighted by Gasteiger charge is 2.13. The normalized spacial score (nSPS) is 10.8. The van der Waals surface area contributed by atoms with Crippen molar-refractivity contribution in [3.63, 3.8) is 0 Å². The van der Waals surface area contributed by atoms with E-state index in [1.807, 2.05) is 13.8 Å². The Bertz CT molecular complexity index is 557. The average molecular weight is 240 g/mol. The molecule has 2 heterocycles. The van der Waals surface area contributed by atoms with E-state index in [2.05, 4.69) is 49.8 Å². The molecule has 0 aliphatic carbocycles. The van der Waals surface area contributed by atoms with Crippen LogP contribution in [0.15, 0.2) is 12.1 Å². The lowest BCUT2D eigenvalue weighted by molar-refractivity contribution is 1.08. The van der Waals surface area contributed by atoms with Crippen LogP contribution in [-0.2, 0) is 0 Å². The quantitative estimate of drug-likeness (QED) is 0.753. The number of hydrogen-bond acceptors (Lipinski definition) is 2. The molecular weight excluding hydrogens is 220 g/mol. The van der Waals surface area contributed by atoms with Gasteiger partial charge in [-0.1, -0.05) is 0 Å². The van der Waals surface area contributed by atoms with Gasteiger partial charge in [0.25, 0.3) is 0 Å². The zero-order chi connectivity index (χ0) is 13.4. The molecule has 0 N–H and O–H groups in total. The lowest BCUT2D eigenvalue weighted by Crippen LogP contribution is -2.01. The van der Waals surface area contributed by atoms with Gasteiger partial charge in [0.1, 0.15) is 0 Å². The van der Waals surface area contributed by atoms with Crippen LogP contribution in [0.3, 0.4) is 0 Å². The molecule has 0 atom stereocenters. The molecule has 2 heteroatoms. The Labute approximate surface area is 109 Å². The van der Waals surface area contributed by atoms with E-state index in [-0.39, 0.29) is 0 Å². The fraction of sp³-hybridized carbons (Fsp3) is 0.375. The van der Waals surface area contributed by atoms with Crippen LogP contribution in [-0.4, -0.2) is 9.97 Å². The van der Waals surface area contributed by atoms with Crippen LogP contribution >= 0.6 is 0 Å². The molecule has 94 valence electrons. The van der Waals surface area contributed by atoms with Gasteiger partial charge in [-0.3, -0.25) is 9.97 Å². The van der Waals surface area contributed by atoms with Crippen molar-refractivity contribution in [1.82, 2.24) is 9.97 Å². The molecule has 2 aromatic heterocycles. The van der Waals surface area contributed by atoms with E-state index in [0.29, 0.717) is 0 Å². The van der Waals surface area contributed by atoms with E-state index in [0.717, 1.165) is 22.8 Å². The van der Waals surface area contributed by atoms with Gasteiger partial charge in [-0.15, -0.1) is 0 Å². The number of aromatic nitrogens is 2. The van der Waals surface area contributed by atoms with Crippen LogP contribution in [0.1, 0.15) is 33.6 Å². The van der Waals surface area contributed by atoms with E-state index in [1.165, 1.54) is 22.3 Å². The molecule has 0 amide bonds. The maximum absolute atomic E-state index is 4.68. The fourth-order valence-electron chi connectivity index (χ4n) is 2.26. The summed E-state index contributed by atoms with van der Waals surface area (Å²) >= 11 is 0. The van der Waals surface area contributed by atoms with Gasteiger partial charge in [-0.2, -0.15) is 0 Å². The van der Waals surface area contributed by atoms with Gasteiger partial charge in [-0.05, 0) is 75.9 Å². The predicted octanol–water partition coefficient (Wildman–Crippen LogP) is 3.99. The Morgan fingerprint density at radius 2 is 0.944 bits per heavy atom. The second kappa shape index (κ2) is 4.52. The first kappa shape index (κ1) is 12.7. The number of pyridine rings is 2. The van der Waals surface area contributed by atoms with Crippen molar-refractivity contribution in [2.45, 2.75) is 41.5 Å². The first-order chi connectivity index (χ1) is 8.40. The molecule has 2 nitrogen and oxygen atoms in total. The summed E-state index contributed by atoms with van der Waals surface area (Å²) in [4.78, 5) is 9.37. The number of nitrogens with zero attached hydrogens (tertiary/aromatic N) is 2. The van der Waals surface area contributed by atoms with E-state index < -0.39 is 0 Å². The van der Waals surface area contributed by atoms with Crippen LogP contribution in [0.4, 0.5) is 0 Å². The summed E-state index contributed by atoms with van der Waals surface area (Å²) in [5.74, 6) is 0. The number of rotatable bonds is 1.